The Bertz CT molecular complexity index is 449. The van der Waals surface area contributed by atoms with Crippen molar-refractivity contribution >= 4 is 0 Å². The summed E-state index contributed by atoms with van der Waals surface area (Å²) in [6.45, 7) is 7.56. The molecule has 26 heavy (non-hydrogen) atoms. The molecule has 3 aliphatic rings. The maximum Gasteiger partial charge on any atom is 0.304 e. The molecule has 3 rings (SSSR count). The molecule has 4 heteroatoms. The Hall–Kier alpha value is -0.640. The van der Waals surface area contributed by atoms with Crippen LogP contribution in [0.15, 0.2) is 12.3 Å². The van der Waals surface area contributed by atoms with Crippen molar-refractivity contribution in [2.24, 2.45) is 35.5 Å². The first-order valence-electron chi connectivity index (χ1n) is 10.7. The fourth-order valence-corrected chi connectivity index (χ4v) is 5.93. The van der Waals surface area contributed by atoms with Gasteiger partial charge < -0.3 is 9.47 Å². The summed E-state index contributed by atoms with van der Waals surface area (Å²) in [5.74, 6) is 3.70. The number of ether oxygens (including phenoxy) is 2. The maximum atomic E-state index is 12.3. The number of hydrogen-bond donors (Lipinski definition) is 0. The lowest BCUT2D eigenvalue weighted by Crippen LogP contribution is -2.40. The molecular weight excluding hydrogens is 334 g/mol. The van der Waals surface area contributed by atoms with E-state index >= 15 is 0 Å². The van der Waals surface area contributed by atoms with E-state index in [2.05, 4.69) is 20.8 Å². The SMILES string of the molecule is CC1CCC(C2CCC(C3CC(C)C(OC=C(F)F)C(C)C3)CC2)OC1. The highest BCUT2D eigenvalue weighted by Crippen LogP contribution is 2.45. The maximum absolute atomic E-state index is 12.3. The molecule has 150 valence electrons. The van der Waals surface area contributed by atoms with Gasteiger partial charge in [-0.05, 0) is 86.9 Å². The molecule has 0 spiro atoms. The molecule has 0 aromatic rings. The Balaban J connectivity index is 1.47. The van der Waals surface area contributed by atoms with E-state index in [1.807, 2.05) is 0 Å². The monoisotopic (exact) mass is 370 g/mol. The lowest BCUT2D eigenvalue weighted by atomic mass is 9.65. The molecular formula is C22H36F2O2. The van der Waals surface area contributed by atoms with Crippen LogP contribution < -0.4 is 0 Å². The van der Waals surface area contributed by atoms with Crippen LogP contribution >= 0.6 is 0 Å². The zero-order chi connectivity index (χ0) is 18.7. The first-order chi connectivity index (χ1) is 12.4. The molecule has 2 aliphatic carbocycles. The molecule has 0 radical (unpaired) electrons. The number of halogens is 2. The molecule has 2 saturated carbocycles. The minimum Gasteiger partial charge on any atom is -0.492 e. The predicted octanol–water partition coefficient (Wildman–Crippen LogP) is 6.41. The Morgan fingerprint density at radius 3 is 2.00 bits per heavy atom. The minimum absolute atomic E-state index is 0.0679. The van der Waals surface area contributed by atoms with Gasteiger partial charge in [0.15, 0.2) is 0 Å². The van der Waals surface area contributed by atoms with Crippen LogP contribution in [-0.2, 0) is 9.47 Å². The molecule has 0 aromatic heterocycles. The van der Waals surface area contributed by atoms with Crippen molar-refractivity contribution in [2.75, 3.05) is 6.61 Å². The Labute approximate surface area is 157 Å². The van der Waals surface area contributed by atoms with Crippen molar-refractivity contribution in [1.29, 1.82) is 0 Å². The topological polar surface area (TPSA) is 18.5 Å². The second-order valence-corrected chi connectivity index (χ2v) is 9.42. The van der Waals surface area contributed by atoms with Crippen molar-refractivity contribution in [2.45, 2.75) is 84.3 Å². The van der Waals surface area contributed by atoms with Gasteiger partial charge in [-0.2, -0.15) is 8.78 Å². The first-order valence-corrected chi connectivity index (χ1v) is 10.7. The van der Waals surface area contributed by atoms with Gasteiger partial charge >= 0.3 is 6.08 Å². The largest absolute Gasteiger partial charge is 0.492 e. The molecule has 2 nitrogen and oxygen atoms in total. The predicted molar refractivity (Wildman–Crippen MR) is 99.8 cm³/mol. The molecule has 0 amide bonds. The molecule has 4 atom stereocenters. The van der Waals surface area contributed by atoms with E-state index in [1.165, 1.54) is 38.5 Å². The van der Waals surface area contributed by atoms with Crippen LogP contribution in [0.4, 0.5) is 8.78 Å². The van der Waals surface area contributed by atoms with Gasteiger partial charge in [0.2, 0.25) is 0 Å². The molecule has 0 aromatic carbocycles. The average Bonchev–Trinajstić information content (AvgIpc) is 2.61. The number of hydrogen-bond acceptors (Lipinski definition) is 2. The van der Waals surface area contributed by atoms with Gasteiger partial charge in [-0.3, -0.25) is 0 Å². The van der Waals surface area contributed by atoms with Gasteiger partial charge in [0.25, 0.3) is 0 Å². The second-order valence-electron chi connectivity index (χ2n) is 9.42. The molecule has 1 aliphatic heterocycles. The zero-order valence-corrected chi connectivity index (χ0v) is 16.6. The summed E-state index contributed by atoms with van der Waals surface area (Å²) in [7, 11) is 0. The van der Waals surface area contributed by atoms with Crippen molar-refractivity contribution in [1.82, 2.24) is 0 Å². The van der Waals surface area contributed by atoms with E-state index in [0.717, 1.165) is 43.1 Å². The fourth-order valence-electron chi connectivity index (χ4n) is 5.93. The van der Waals surface area contributed by atoms with Crippen LogP contribution in [-0.4, -0.2) is 18.8 Å². The minimum atomic E-state index is -1.73. The van der Waals surface area contributed by atoms with E-state index in [-0.39, 0.29) is 6.10 Å². The summed E-state index contributed by atoms with van der Waals surface area (Å²) < 4.78 is 36.2. The standard InChI is InChI=1S/C22H36F2O2/c1-14-4-9-20(25-12-14)18-7-5-17(6-8-18)19-10-15(2)22(16(3)11-19)26-13-21(23)24/h13-20,22H,4-12H2,1-3H3. The van der Waals surface area contributed by atoms with E-state index in [0.29, 0.717) is 24.2 Å². The third-order valence-corrected chi connectivity index (χ3v) is 7.33. The molecule has 0 N–H and O–H groups in total. The normalized spacial score (nSPS) is 44.3. The van der Waals surface area contributed by atoms with Crippen LogP contribution in [0.1, 0.15) is 72.1 Å². The van der Waals surface area contributed by atoms with Gasteiger partial charge in [0.1, 0.15) is 12.4 Å². The summed E-state index contributed by atoms with van der Waals surface area (Å²) in [6.07, 6.45) is 9.37. The third kappa shape index (κ3) is 4.99. The highest BCUT2D eigenvalue weighted by Gasteiger charge is 2.39. The first kappa shape index (κ1) is 20.1. The van der Waals surface area contributed by atoms with Crippen molar-refractivity contribution in [3.8, 4) is 0 Å². The van der Waals surface area contributed by atoms with Crippen LogP contribution in [0.25, 0.3) is 0 Å². The summed E-state index contributed by atoms with van der Waals surface area (Å²) in [5, 5.41) is 0. The van der Waals surface area contributed by atoms with E-state index < -0.39 is 6.08 Å². The van der Waals surface area contributed by atoms with Gasteiger partial charge in [0, 0.05) is 6.61 Å². The van der Waals surface area contributed by atoms with Gasteiger partial charge in [-0.15, -0.1) is 0 Å². The van der Waals surface area contributed by atoms with Crippen LogP contribution in [0.3, 0.4) is 0 Å². The van der Waals surface area contributed by atoms with E-state index in [4.69, 9.17) is 9.47 Å². The van der Waals surface area contributed by atoms with Crippen LogP contribution in [0.5, 0.6) is 0 Å². The Morgan fingerprint density at radius 1 is 0.846 bits per heavy atom. The smallest absolute Gasteiger partial charge is 0.304 e. The van der Waals surface area contributed by atoms with E-state index in [9.17, 15) is 8.78 Å². The Morgan fingerprint density at radius 2 is 1.46 bits per heavy atom. The number of rotatable bonds is 4. The van der Waals surface area contributed by atoms with E-state index in [1.54, 1.807) is 0 Å². The van der Waals surface area contributed by atoms with Crippen molar-refractivity contribution in [3.63, 3.8) is 0 Å². The quantitative estimate of drug-likeness (QED) is 0.532. The average molecular weight is 371 g/mol. The summed E-state index contributed by atoms with van der Waals surface area (Å²) >= 11 is 0. The highest BCUT2D eigenvalue weighted by molar-refractivity contribution is 4.90. The van der Waals surface area contributed by atoms with Gasteiger partial charge in [-0.25, -0.2) is 0 Å². The van der Waals surface area contributed by atoms with Gasteiger partial charge in [0.05, 0.1) is 6.10 Å². The highest BCUT2D eigenvalue weighted by atomic mass is 19.3. The third-order valence-electron chi connectivity index (χ3n) is 7.33. The summed E-state index contributed by atoms with van der Waals surface area (Å²) in [4.78, 5) is 0. The fraction of sp³-hybridized carbons (Fsp3) is 0.909. The van der Waals surface area contributed by atoms with Crippen LogP contribution in [0.2, 0.25) is 0 Å². The second kappa shape index (κ2) is 9.03. The van der Waals surface area contributed by atoms with Crippen molar-refractivity contribution < 1.29 is 18.3 Å². The lowest BCUT2D eigenvalue weighted by Gasteiger charge is -2.44. The lowest BCUT2D eigenvalue weighted by molar-refractivity contribution is -0.0617. The molecule has 4 unspecified atom stereocenters. The molecule has 1 saturated heterocycles. The zero-order valence-electron chi connectivity index (χ0n) is 16.6. The molecule has 0 bridgehead atoms. The molecule has 3 fully saturated rings. The van der Waals surface area contributed by atoms with Gasteiger partial charge in [-0.1, -0.05) is 20.8 Å². The molecule has 1 heterocycles. The summed E-state index contributed by atoms with van der Waals surface area (Å²) in [5.41, 5.74) is 0. The van der Waals surface area contributed by atoms with Crippen molar-refractivity contribution in [3.05, 3.63) is 12.3 Å². The Kier molecular flexibility index (Phi) is 6.98. The summed E-state index contributed by atoms with van der Waals surface area (Å²) in [6, 6.07) is 0. The van der Waals surface area contributed by atoms with Crippen LogP contribution in [0, 0.1) is 35.5 Å².